The van der Waals surface area contributed by atoms with Crippen molar-refractivity contribution in [3.05, 3.63) is 64.7 Å². The first-order chi connectivity index (χ1) is 15.3. The highest BCUT2D eigenvalue weighted by atomic mass is 35.5. The fraction of sp³-hybridized carbons (Fsp3) is 0.462. The summed E-state index contributed by atoms with van der Waals surface area (Å²) in [5.41, 5.74) is 2.11. The molecule has 1 N–H and O–H groups in total. The minimum absolute atomic E-state index is 0.0568. The lowest BCUT2D eigenvalue weighted by atomic mass is 10.1. The SMILES string of the molecule is CC[C@H](C(=O)N[C@@H](C)CC)N(Cc1ccc(Cl)cc1)C(=O)CCCOc1ccc(C)cc1. The Morgan fingerprint density at radius 3 is 2.28 bits per heavy atom. The van der Waals surface area contributed by atoms with Crippen molar-refractivity contribution in [2.24, 2.45) is 0 Å². The van der Waals surface area contributed by atoms with Crippen LogP contribution in [0.1, 0.15) is 57.6 Å². The summed E-state index contributed by atoms with van der Waals surface area (Å²) in [6, 6.07) is 14.8. The Bertz CT molecular complexity index is 852. The van der Waals surface area contributed by atoms with E-state index in [4.69, 9.17) is 16.3 Å². The molecule has 0 aliphatic heterocycles. The third-order valence-electron chi connectivity index (χ3n) is 5.48. The van der Waals surface area contributed by atoms with E-state index < -0.39 is 6.04 Å². The molecular weight excluding hydrogens is 424 g/mol. The van der Waals surface area contributed by atoms with Crippen LogP contribution in [0.5, 0.6) is 5.75 Å². The number of ether oxygens (including phenoxy) is 1. The molecule has 32 heavy (non-hydrogen) atoms. The second kappa shape index (κ2) is 13.1. The molecule has 2 aromatic rings. The predicted octanol–water partition coefficient (Wildman–Crippen LogP) is 5.53. The van der Waals surface area contributed by atoms with Gasteiger partial charge in [-0.3, -0.25) is 9.59 Å². The number of nitrogens with zero attached hydrogens (tertiary/aromatic N) is 1. The second-order valence-corrected chi connectivity index (χ2v) is 8.59. The highest BCUT2D eigenvalue weighted by molar-refractivity contribution is 6.30. The van der Waals surface area contributed by atoms with Crippen molar-refractivity contribution in [3.8, 4) is 5.75 Å². The molecule has 2 rings (SSSR count). The van der Waals surface area contributed by atoms with E-state index in [2.05, 4.69) is 5.32 Å². The van der Waals surface area contributed by atoms with Crippen molar-refractivity contribution in [1.29, 1.82) is 0 Å². The third kappa shape index (κ3) is 8.19. The lowest BCUT2D eigenvalue weighted by Gasteiger charge is -2.31. The largest absolute Gasteiger partial charge is 0.494 e. The van der Waals surface area contributed by atoms with Gasteiger partial charge in [0, 0.05) is 24.0 Å². The van der Waals surface area contributed by atoms with Crippen molar-refractivity contribution >= 4 is 23.4 Å². The molecule has 0 radical (unpaired) electrons. The number of carbonyl (C=O) groups is 2. The van der Waals surface area contributed by atoms with Gasteiger partial charge >= 0.3 is 0 Å². The molecule has 0 fully saturated rings. The summed E-state index contributed by atoms with van der Waals surface area (Å²) >= 11 is 6.01. The van der Waals surface area contributed by atoms with E-state index in [1.165, 1.54) is 5.56 Å². The number of carbonyl (C=O) groups excluding carboxylic acids is 2. The number of hydrogen-bond donors (Lipinski definition) is 1. The molecule has 2 aromatic carbocycles. The summed E-state index contributed by atoms with van der Waals surface area (Å²) < 4.78 is 5.76. The van der Waals surface area contributed by atoms with Crippen LogP contribution in [-0.4, -0.2) is 35.4 Å². The van der Waals surface area contributed by atoms with Crippen LogP contribution in [0.4, 0.5) is 0 Å². The average molecular weight is 459 g/mol. The van der Waals surface area contributed by atoms with Gasteiger partial charge in [0.1, 0.15) is 11.8 Å². The van der Waals surface area contributed by atoms with Crippen molar-refractivity contribution in [1.82, 2.24) is 10.2 Å². The summed E-state index contributed by atoms with van der Waals surface area (Å²) in [6.07, 6.45) is 2.27. The highest BCUT2D eigenvalue weighted by Crippen LogP contribution is 2.17. The first-order valence-electron chi connectivity index (χ1n) is 11.4. The van der Waals surface area contributed by atoms with Crippen molar-refractivity contribution in [2.45, 2.75) is 72.0 Å². The van der Waals surface area contributed by atoms with Crippen LogP contribution in [0.2, 0.25) is 5.02 Å². The number of nitrogens with one attached hydrogen (secondary N) is 1. The maximum absolute atomic E-state index is 13.2. The standard InChI is InChI=1S/C26H35ClN2O3/c1-5-20(4)28-26(31)24(6-2)29(18-21-11-13-22(27)14-12-21)25(30)8-7-17-32-23-15-9-19(3)10-16-23/h9-16,20,24H,5-8,17-18H2,1-4H3,(H,28,31)/t20-,24+/m0/s1. The van der Waals surface area contributed by atoms with Crippen LogP contribution < -0.4 is 10.1 Å². The summed E-state index contributed by atoms with van der Waals surface area (Å²) in [5, 5.41) is 3.67. The molecule has 5 nitrogen and oxygen atoms in total. The Labute approximate surface area is 197 Å². The Hall–Kier alpha value is -2.53. The van der Waals surface area contributed by atoms with Gasteiger partial charge in [-0.15, -0.1) is 0 Å². The van der Waals surface area contributed by atoms with Gasteiger partial charge in [-0.2, -0.15) is 0 Å². The van der Waals surface area contributed by atoms with Gasteiger partial charge in [-0.25, -0.2) is 0 Å². The number of halogens is 1. The maximum atomic E-state index is 13.2. The fourth-order valence-electron chi connectivity index (χ4n) is 3.34. The highest BCUT2D eigenvalue weighted by Gasteiger charge is 2.28. The summed E-state index contributed by atoms with van der Waals surface area (Å²) in [7, 11) is 0. The van der Waals surface area contributed by atoms with Gasteiger partial charge < -0.3 is 15.0 Å². The molecule has 0 aliphatic rings. The first-order valence-corrected chi connectivity index (χ1v) is 11.8. The molecule has 174 valence electrons. The molecule has 0 aromatic heterocycles. The van der Waals surface area contributed by atoms with Crippen molar-refractivity contribution in [3.63, 3.8) is 0 Å². The summed E-state index contributed by atoms with van der Waals surface area (Å²) in [4.78, 5) is 27.8. The van der Waals surface area contributed by atoms with Gasteiger partial charge in [0.05, 0.1) is 6.61 Å². The number of benzene rings is 2. The first kappa shape index (κ1) is 25.7. The van der Waals surface area contributed by atoms with E-state index in [0.29, 0.717) is 37.4 Å². The van der Waals surface area contributed by atoms with E-state index in [1.807, 2.05) is 64.1 Å². The zero-order valence-electron chi connectivity index (χ0n) is 19.6. The molecule has 0 saturated carbocycles. The van der Waals surface area contributed by atoms with E-state index in [0.717, 1.165) is 17.7 Å². The molecular formula is C26H35ClN2O3. The average Bonchev–Trinajstić information content (AvgIpc) is 2.78. The number of hydrogen-bond acceptors (Lipinski definition) is 3. The minimum Gasteiger partial charge on any atom is -0.494 e. The maximum Gasteiger partial charge on any atom is 0.243 e. The van der Waals surface area contributed by atoms with Crippen LogP contribution in [0.25, 0.3) is 0 Å². The normalized spacial score (nSPS) is 12.7. The van der Waals surface area contributed by atoms with Crippen LogP contribution in [0, 0.1) is 6.92 Å². The molecule has 0 aliphatic carbocycles. The monoisotopic (exact) mass is 458 g/mol. The smallest absolute Gasteiger partial charge is 0.243 e. The van der Waals surface area contributed by atoms with Crippen LogP contribution in [0.3, 0.4) is 0 Å². The number of rotatable bonds is 12. The molecule has 0 heterocycles. The molecule has 0 bridgehead atoms. The van der Waals surface area contributed by atoms with Crippen LogP contribution in [0.15, 0.2) is 48.5 Å². The molecule has 0 unspecified atom stereocenters. The predicted molar refractivity (Wildman–Crippen MR) is 130 cm³/mol. The Balaban J connectivity index is 2.05. The molecule has 0 saturated heterocycles. The van der Waals surface area contributed by atoms with Gasteiger partial charge in [-0.05, 0) is 62.9 Å². The Kier molecular flexibility index (Phi) is 10.5. The quantitative estimate of drug-likeness (QED) is 0.425. The zero-order chi connectivity index (χ0) is 23.5. The lowest BCUT2D eigenvalue weighted by molar-refractivity contribution is -0.141. The van der Waals surface area contributed by atoms with E-state index in [9.17, 15) is 9.59 Å². The van der Waals surface area contributed by atoms with Gasteiger partial charge in [0.15, 0.2) is 0 Å². The molecule has 6 heteroatoms. The second-order valence-electron chi connectivity index (χ2n) is 8.16. The Morgan fingerprint density at radius 1 is 1.03 bits per heavy atom. The van der Waals surface area contributed by atoms with Gasteiger partial charge in [0.25, 0.3) is 0 Å². The topological polar surface area (TPSA) is 58.6 Å². The van der Waals surface area contributed by atoms with Gasteiger partial charge in [-0.1, -0.05) is 55.3 Å². The van der Waals surface area contributed by atoms with Crippen molar-refractivity contribution in [2.75, 3.05) is 6.61 Å². The van der Waals surface area contributed by atoms with Crippen molar-refractivity contribution < 1.29 is 14.3 Å². The summed E-state index contributed by atoms with van der Waals surface area (Å²) in [6.45, 7) is 8.76. The Morgan fingerprint density at radius 2 is 1.69 bits per heavy atom. The summed E-state index contributed by atoms with van der Waals surface area (Å²) in [5.74, 6) is 0.624. The zero-order valence-corrected chi connectivity index (χ0v) is 20.3. The van der Waals surface area contributed by atoms with Crippen LogP contribution in [-0.2, 0) is 16.1 Å². The molecule has 2 atom stereocenters. The van der Waals surface area contributed by atoms with Crippen LogP contribution >= 0.6 is 11.6 Å². The van der Waals surface area contributed by atoms with E-state index in [-0.39, 0.29) is 17.9 Å². The molecule has 0 spiro atoms. The van der Waals surface area contributed by atoms with Gasteiger partial charge in [0.2, 0.25) is 11.8 Å². The van der Waals surface area contributed by atoms with E-state index in [1.54, 1.807) is 17.0 Å². The van der Waals surface area contributed by atoms with E-state index >= 15 is 0 Å². The lowest BCUT2D eigenvalue weighted by Crippen LogP contribution is -2.50. The fourth-order valence-corrected chi connectivity index (χ4v) is 3.46. The molecule has 2 amide bonds. The minimum atomic E-state index is -0.523. The number of amides is 2. The number of aryl methyl sites for hydroxylation is 1. The third-order valence-corrected chi connectivity index (χ3v) is 5.73.